The predicted octanol–water partition coefficient (Wildman–Crippen LogP) is 4.72. The highest BCUT2D eigenvalue weighted by Crippen LogP contribution is 2.40. The Balaban J connectivity index is 2.05. The Morgan fingerprint density at radius 1 is 0.741 bits per heavy atom. The third-order valence-electron chi connectivity index (χ3n) is 4.35. The molecule has 0 bridgehead atoms. The van der Waals surface area contributed by atoms with Gasteiger partial charge in [0.05, 0.1) is 6.61 Å². The largest absolute Gasteiger partial charge is 0.460 e. The van der Waals surface area contributed by atoms with Crippen LogP contribution >= 0.6 is 0 Å². The predicted molar refractivity (Wildman–Crippen MR) is 106 cm³/mol. The van der Waals surface area contributed by atoms with Gasteiger partial charge < -0.3 is 9.47 Å². The van der Waals surface area contributed by atoms with Gasteiger partial charge in [0.2, 0.25) is 0 Å². The van der Waals surface area contributed by atoms with Crippen molar-refractivity contribution in [2.24, 2.45) is 0 Å². The lowest BCUT2D eigenvalue weighted by Crippen LogP contribution is -2.34. The molecule has 0 N–H and O–H groups in total. The molecule has 3 heteroatoms. The lowest BCUT2D eigenvalue weighted by molar-refractivity contribution is -0.140. The average molecular weight is 358 g/mol. The summed E-state index contributed by atoms with van der Waals surface area (Å²) in [6.07, 6.45) is 1.15. The van der Waals surface area contributed by atoms with Crippen LogP contribution in [-0.4, -0.2) is 19.2 Å². The van der Waals surface area contributed by atoms with Gasteiger partial charge in [-0.1, -0.05) is 97.6 Å². The molecule has 0 aliphatic heterocycles. The van der Waals surface area contributed by atoms with Crippen LogP contribution in [0.15, 0.2) is 104 Å². The molecular formula is C24H22O3. The molecule has 3 nitrogen and oxygen atoms in total. The van der Waals surface area contributed by atoms with E-state index in [0.717, 1.165) is 22.8 Å². The van der Waals surface area contributed by atoms with Gasteiger partial charge in [0, 0.05) is 6.08 Å². The SMILES string of the molecule is C=CC(=O)OCCOC(c1ccccc1)(c1ccccc1)c1ccccc1. The Hall–Kier alpha value is -3.17. The molecule has 3 aromatic rings. The van der Waals surface area contributed by atoms with Crippen molar-refractivity contribution in [2.75, 3.05) is 13.2 Å². The van der Waals surface area contributed by atoms with E-state index in [4.69, 9.17) is 9.47 Å². The van der Waals surface area contributed by atoms with Crippen molar-refractivity contribution in [3.05, 3.63) is 120 Å². The fourth-order valence-electron chi connectivity index (χ4n) is 3.16. The number of hydrogen-bond donors (Lipinski definition) is 0. The summed E-state index contributed by atoms with van der Waals surface area (Å²) in [6, 6.07) is 30.2. The molecule has 0 saturated carbocycles. The van der Waals surface area contributed by atoms with Gasteiger partial charge in [-0.25, -0.2) is 4.79 Å². The van der Waals surface area contributed by atoms with Crippen molar-refractivity contribution < 1.29 is 14.3 Å². The van der Waals surface area contributed by atoms with E-state index in [2.05, 4.69) is 43.0 Å². The summed E-state index contributed by atoms with van der Waals surface area (Å²) in [7, 11) is 0. The first-order valence-corrected chi connectivity index (χ1v) is 8.87. The van der Waals surface area contributed by atoms with Crippen LogP contribution in [0.3, 0.4) is 0 Å². The van der Waals surface area contributed by atoms with Crippen molar-refractivity contribution >= 4 is 5.97 Å². The van der Waals surface area contributed by atoms with Gasteiger partial charge in [0.25, 0.3) is 0 Å². The Morgan fingerprint density at radius 2 is 1.15 bits per heavy atom. The number of carbonyl (C=O) groups is 1. The van der Waals surface area contributed by atoms with E-state index in [0.29, 0.717) is 0 Å². The molecule has 0 aromatic heterocycles. The highest BCUT2D eigenvalue weighted by Gasteiger charge is 2.37. The molecule has 0 fully saturated rings. The lowest BCUT2D eigenvalue weighted by atomic mass is 9.80. The maximum Gasteiger partial charge on any atom is 0.330 e. The van der Waals surface area contributed by atoms with Crippen LogP contribution in [0.25, 0.3) is 0 Å². The van der Waals surface area contributed by atoms with Crippen molar-refractivity contribution in [2.45, 2.75) is 5.60 Å². The number of carbonyl (C=O) groups excluding carboxylic acids is 1. The van der Waals surface area contributed by atoms with Crippen LogP contribution in [0.4, 0.5) is 0 Å². The third kappa shape index (κ3) is 4.15. The molecule has 27 heavy (non-hydrogen) atoms. The van der Waals surface area contributed by atoms with Crippen LogP contribution in [0.2, 0.25) is 0 Å². The maximum atomic E-state index is 11.4. The van der Waals surface area contributed by atoms with Gasteiger partial charge in [0.15, 0.2) is 0 Å². The molecule has 0 atom stereocenters. The van der Waals surface area contributed by atoms with Crippen molar-refractivity contribution in [3.63, 3.8) is 0 Å². The highest BCUT2D eigenvalue weighted by atomic mass is 16.6. The summed E-state index contributed by atoms with van der Waals surface area (Å²) in [4.78, 5) is 11.4. The summed E-state index contributed by atoms with van der Waals surface area (Å²) in [5.41, 5.74) is 2.23. The van der Waals surface area contributed by atoms with Gasteiger partial charge in [-0.2, -0.15) is 0 Å². The van der Waals surface area contributed by atoms with Crippen LogP contribution in [-0.2, 0) is 19.9 Å². The zero-order chi connectivity index (χ0) is 19.0. The van der Waals surface area contributed by atoms with Crippen LogP contribution in [0.5, 0.6) is 0 Å². The van der Waals surface area contributed by atoms with Gasteiger partial charge in [-0.05, 0) is 16.7 Å². The smallest absolute Gasteiger partial charge is 0.330 e. The first-order valence-electron chi connectivity index (χ1n) is 8.87. The normalized spacial score (nSPS) is 11.0. The van der Waals surface area contributed by atoms with E-state index in [9.17, 15) is 4.79 Å². The molecule has 0 aliphatic rings. The summed E-state index contributed by atoms with van der Waals surface area (Å²) < 4.78 is 11.6. The van der Waals surface area contributed by atoms with E-state index in [1.165, 1.54) is 0 Å². The highest BCUT2D eigenvalue weighted by molar-refractivity contribution is 5.81. The van der Waals surface area contributed by atoms with Gasteiger partial charge >= 0.3 is 5.97 Å². The van der Waals surface area contributed by atoms with Crippen LogP contribution in [0, 0.1) is 0 Å². The lowest BCUT2D eigenvalue weighted by Gasteiger charge is -2.35. The van der Waals surface area contributed by atoms with Crippen molar-refractivity contribution in [3.8, 4) is 0 Å². The minimum atomic E-state index is -0.801. The molecule has 0 heterocycles. The Labute approximate surface area is 159 Å². The molecule has 0 unspecified atom stereocenters. The fourth-order valence-corrected chi connectivity index (χ4v) is 3.16. The number of hydrogen-bond acceptors (Lipinski definition) is 3. The Bertz CT molecular complexity index is 761. The van der Waals surface area contributed by atoms with Crippen LogP contribution in [0.1, 0.15) is 16.7 Å². The topological polar surface area (TPSA) is 35.5 Å². The number of ether oxygens (including phenoxy) is 2. The van der Waals surface area contributed by atoms with Crippen LogP contribution < -0.4 is 0 Å². The molecule has 0 amide bonds. The molecule has 3 rings (SSSR count). The van der Waals surface area contributed by atoms with Crippen molar-refractivity contribution in [1.82, 2.24) is 0 Å². The zero-order valence-electron chi connectivity index (χ0n) is 15.1. The Kier molecular flexibility index (Phi) is 6.18. The molecule has 0 saturated heterocycles. The van der Waals surface area contributed by atoms with E-state index in [-0.39, 0.29) is 13.2 Å². The molecule has 136 valence electrons. The standard InChI is InChI=1S/C24H22O3/c1-2-23(25)26-18-19-27-24(20-12-6-3-7-13-20,21-14-8-4-9-15-21)22-16-10-5-11-17-22/h2-17H,1,18-19H2. The van der Waals surface area contributed by atoms with Gasteiger partial charge in [0.1, 0.15) is 12.2 Å². The van der Waals surface area contributed by atoms with Gasteiger partial charge in [-0.15, -0.1) is 0 Å². The number of benzene rings is 3. The number of rotatable bonds is 8. The first kappa shape index (κ1) is 18.6. The third-order valence-corrected chi connectivity index (χ3v) is 4.35. The van der Waals surface area contributed by atoms with E-state index >= 15 is 0 Å². The quantitative estimate of drug-likeness (QED) is 0.253. The summed E-state index contributed by atoms with van der Waals surface area (Å²) in [6.45, 7) is 3.82. The molecule has 0 radical (unpaired) electrons. The molecule has 0 aliphatic carbocycles. The second-order valence-corrected chi connectivity index (χ2v) is 6.00. The summed E-state index contributed by atoms with van der Waals surface area (Å²) in [5.74, 6) is -0.455. The summed E-state index contributed by atoms with van der Waals surface area (Å²) >= 11 is 0. The zero-order valence-corrected chi connectivity index (χ0v) is 15.1. The second-order valence-electron chi connectivity index (χ2n) is 6.00. The minimum Gasteiger partial charge on any atom is -0.460 e. The van der Waals surface area contributed by atoms with E-state index in [1.807, 2.05) is 54.6 Å². The Morgan fingerprint density at radius 3 is 1.52 bits per heavy atom. The average Bonchev–Trinajstić information content (AvgIpc) is 2.75. The fraction of sp³-hybridized carbons (Fsp3) is 0.125. The maximum absolute atomic E-state index is 11.4. The van der Waals surface area contributed by atoms with E-state index in [1.54, 1.807) is 0 Å². The minimum absolute atomic E-state index is 0.152. The molecule has 3 aromatic carbocycles. The number of esters is 1. The van der Waals surface area contributed by atoms with E-state index < -0.39 is 11.6 Å². The monoisotopic (exact) mass is 358 g/mol. The molecule has 0 spiro atoms. The summed E-state index contributed by atoms with van der Waals surface area (Å²) in [5, 5.41) is 0. The second kappa shape index (κ2) is 8.97. The molecular weight excluding hydrogens is 336 g/mol. The van der Waals surface area contributed by atoms with Crippen molar-refractivity contribution in [1.29, 1.82) is 0 Å². The van der Waals surface area contributed by atoms with Gasteiger partial charge in [-0.3, -0.25) is 0 Å². The first-order chi connectivity index (χ1) is 13.3.